The van der Waals surface area contributed by atoms with Crippen LogP contribution >= 0.6 is 11.8 Å². The Hall–Kier alpha value is -1.05. The van der Waals surface area contributed by atoms with Crippen molar-refractivity contribution in [1.29, 1.82) is 0 Å². The van der Waals surface area contributed by atoms with E-state index in [1.54, 1.807) is 30.0 Å². The maximum absolute atomic E-state index is 11.5. The number of imidazole rings is 1. The molecule has 0 spiro atoms. The number of fused-ring (bicyclic) bond motifs is 1. The molecule has 1 unspecified atom stereocenters. The fourth-order valence-corrected chi connectivity index (χ4v) is 3.59. The molecule has 0 saturated heterocycles. The van der Waals surface area contributed by atoms with Gasteiger partial charge in [-0.05, 0) is 31.0 Å². The van der Waals surface area contributed by atoms with E-state index in [2.05, 4.69) is 30.3 Å². The van der Waals surface area contributed by atoms with Gasteiger partial charge < -0.3 is 4.57 Å². The molecule has 1 atom stereocenters. The SMILES string of the molecule is CCCn1c(SC(C)CC)nc2cc(S(N)(=O)=O)ccc21. The molecule has 21 heavy (non-hydrogen) atoms. The summed E-state index contributed by atoms with van der Waals surface area (Å²) in [5.74, 6) is 0. The van der Waals surface area contributed by atoms with Crippen LogP contribution in [-0.2, 0) is 16.6 Å². The van der Waals surface area contributed by atoms with Crippen LogP contribution in [0.5, 0.6) is 0 Å². The molecule has 2 N–H and O–H groups in total. The summed E-state index contributed by atoms with van der Waals surface area (Å²) in [7, 11) is -3.69. The Labute approximate surface area is 130 Å². The Morgan fingerprint density at radius 3 is 2.67 bits per heavy atom. The Balaban J connectivity index is 2.55. The van der Waals surface area contributed by atoms with E-state index >= 15 is 0 Å². The fourth-order valence-electron chi connectivity index (χ4n) is 2.06. The van der Waals surface area contributed by atoms with Crippen molar-refractivity contribution in [2.45, 2.75) is 55.5 Å². The zero-order valence-corrected chi connectivity index (χ0v) is 14.2. The number of sulfonamides is 1. The van der Waals surface area contributed by atoms with Gasteiger partial charge in [-0.15, -0.1) is 0 Å². The van der Waals surface area contributed by atoms with E-state index in [-0.39, 0.29) is 4.90 Å². The van der Waals surface area contributed by atoms with Crippen molar-refractivity contribution in [3.05, 3.63) is 18.2 Å². The standard InChI is InChI=1S/C14H21N3O2S2/c1-4-8-17-13-7-6-11(21(15,18)19)9-12(13)16-14(17)20-10(3)5-2/h6-7,9-10H,4-5,8H2,1-3H3,(H2,15,18,19). The summed E-state index contributed by atoms with van der Waals surface area (Å²) in [5.41, 5.74) is 1.64. The zero-order valence-electron chi connectivity index (χ0n) is 12.5. The van der Waals surface area contributed by atoms with Gasteiger partial charge in [0.05, 0.1) is 15.9 Å². The normalized spacial score (nSPS) is 13.7. The minimum atomic E-state index is -3.69. The molecule has 0 saturated carbocycles. The number of thioether (sulfide) groups is 1. The topological polar surface area (TPSA) is 78.0 Å². The molecular weight excluding hydrogens is 306 g/mol. The lowest BCUT2D eigenvalue weighted by atomic mass is 10.3. The summed E-state index contributed by atoms with van der Waals surface area (Å²) < 4.78 is 25.1. The van der Waals surface area contributed by atoms with Gasteiger partial charge in [0.2, 0.25) is 10.0 Å². The van der Waals surface area contributed by atoms with Gasteiger partial charge in [-0.25, -0.2) is 18.5 Å². The molecule has 0 aliphatic heterocycles. The van der Waals surface area contributed by atoms with Crippen LogP contribution in [0.1, 0.15) is 33.6 Å². The highest BCUT2D eigenvalue weighted by Gasteiger charge is 2.16. The van der Waals surface area contributed by atoms with Crippen molar-refractivity contribution in [2.24, 2.45) is 5.14 Å². The van der Waals surface area contributed by atoms with E-state index in [1.165, 1.54) is 0 Å². The molecule has 7 heteroatoms. The molecule has 0 amide bonds. The lowest BCUT2D eigenvalue weighted by Gasteiger charge is -2.10. The molecule has 1 aromatic heterocycles. The van der Waals surface area contributed by atoms with Crippen LogP contribution in [0.4, 0.5) is 0 Å². The number of nitrogens with zero attached hydrogens (tertiary/aromatic N) is 2. The first-order valence-electron chi connectivity index (χ1n) is 7.06. The molecule has 5 nitrogen and oxygen atoms in total. The van der Waals surface area contributed by atoms with Crippen molar-refractivity contribution >= 4 is 32.8 Å². The minimum absolute atomic E-state index is 0.108. The summed E-state index contributed by atoms with van der Waals surface area (Å²) in [6, 6.07) is 4.89. The van der Waals surface area contributed by atoms with Gasteiger partial charge >= 0.3 is 0 Å². The number of hydrogen-bond acceptors (Lipinski definition) is 4. The second-order valence-electron chi connectivity index (χ2n) is 5.08. The highest BCUT2D eigenvalue weighted by Crippen LogP contribution is 2.29. The second-order valence-corrected chi connectivity index (χ2v) is 8.05. The predicted molar refractivity (Wildman–Crippen MR) is 87.0 cm³/mol. The maximum atomic E-state index is 11.5. The number of nitrogens with two attached hydrogens (primary N) is 1. The molecule has 2 aromatic rings. The molecule has 2 rings (SSSR count). The molecule has 116 valence electrons. The van der Waals surface area contributed by atoms with Gasteiger partial charge in [0.1, 0.15) is 0 Å². The summed E-state index contributed by atoms with van der Waals surface area (Å²) in [5, 5.41) is 6.59. The highest BCUT2D eigenvalue weighted by molar-refractivity contribution is 7.99. The number of benzene rings is 1. The van der Waals surface area contributed by atoms with E-state index in [9.17, 15) is 8.42 Å². The third-order valence-electron chi connectivity index (χ3n) is 3.34. The summed E-state index contributed by atoms with van der Waals surface area (Å²) in [6.45, 7) is 7.28. The van der Waals surface area contributed by atoms with E-state index in [0.717, 1.165) is 30.1 Å². The third kappa shape index (κ3) is 3.59. The first kappa shape index (κ1) is 16.3. The smallest absolute Gasteiger partial charge is 0.238 e. The lowest BCUT2D eigenvalue weighted by molar-refractivity contribution is 0.598. The highest BCUT2D eigenvalue weighted by atomic mass is 32.2. The average Bonchev–Trinajstić information content (AvgIpc) is 2.75. The van der Waals surface area contributed by atoms with Gasteiger partial charge in [-0.2, -0.15) is 0 Å². The molecule has 0 aliphatic rings. The van der Waals surface area contributed by atoms with Crippen molar-refractivity contribution in [1.82, 2.24) is 9.55 Å². The zero-order chi connectivity index (χ0) is 15.6. The molecule has 0 aliphatic carbocycles. The largest absolute Gasteiger partial charge is 0.319 e. The number of hydrogen-bond donors (Lipinski definition) is 1. The van der Waals surface area contributed by atoms with Crippen LogP contribution in [0, 0.1) is 0 Å². The van der Waals surface area contributed by atoms with Gasteiger partial charge in [0.25, 0.3) is 0 Å². The van der Waals surface area contributed by atoms with E-state index < -0.39 is 10.0 Å². The van der Waals surface area contributed by atoms with E-state index in [4.69, 9.17) is 5.14 Å². The molecule has 0 radical (unpaired) electrons. The van der Waals surface area contributed by atoms with Crippen LogP contribution in [0.2, 0.25) is 0 Å². The van der Waals surface area contributed by atoms with Crippen LogP contribution in [0.15, 0.2) is 28.3 Å². The van der Waals surface area contributed by atoms with Crippen molar-refractivity contribution < 1.29 is 8.42 Å². The molecule has 0 fully saturated rings. The predicted octanol–water partition coefficient (Wildman–Crippen LogP) is 2.98. The van der Waals surface area contributed by atoms with Gasteiger partial charge in [-0.3, -0.25) is 0 Å². The third-order valence-corrected chi connectivity index (χ3v) is 5.51. The van der Waals surface area contributed by atoms with Crippen LogP contribution in [-0.4, -0.2) is 23.2 Å². The summed E-state index contributed by atoms with van der Waals surface area (Å²) in [6.07, 6.45) is 2.05. The number of aryl methyl sites for hydroxylation is 1. The summed E-state index contributed by atoms with van der Waals surface area (Å²) >= 11 is 1.72. The van der Waals surface area contributed by atoms with Crippen LogP contribution < -0.4 is 5.14 Å². The van der Waals surface area contributed by atoms with Gasteiger partial charge in [-0.1, -0.05) is 32.5 Å². The number of aromatic nitrogens is 2. The first-order chi connectivity index (χ1) is 9.86. The Morgan fingerprint density at radius 1 is 1.38 bits per heavy atom. The van der Waals surface area contributed by atoms with E-state index in [0.29, 0.717) is 10.8 Å². The van der Waals surface area contributed by atoms with E-state index in [1.807, 2.05) is 0 Å². The average molecular weight is 327 g/mol. The van der Waals surface area contributed by atoms with Gasteiger partial charge in [0, 0.05) is 11.8 Å². The first-order valence-corrected chi connectivity index (χ1v) is 9.49. The molecule has 1 aromatic carbocycles. The monoisotopic (exact) mass is 327 g/mol. The molecule has 1 heterocycles. The Morgan fingerprint density at radius 2 is 2.10 bits per heavy atom. The summed E-state index contributed by atoms with van der Waals surface area (Å²) in [4.78, 5) is 4.71. The number of primary sulfonamides is 1. The van der Waals surface area contributed by atoms with Crippen molar-refractivity contribution in [3.8, 4) is 0 Å². The van der Waals surface area contributed by atoms with Crippen molar-refractivity contribution in [2.75, 3.05) is 0 Å². The Kier molecular flexibility index (Phi) is 4.95. The van der Waals surface area contributed by atoms with Crippen LogP contribution in [0.3, 0.4) is 0 Å². The maximum Gasteiger partial charge on any atom is 0.238 e. The van der Waals surface area contributed by atoms with Gasteiger partial charge in [0.15, 0.2) is 5.16 Å². The quantitative estimate of drug-likeness (QED) is 0.827. The minimum Gasteiger partial charge on any atom is -0.319 e. The molecular formula is C14H21N3O2S2. The van der Waals surface area contributed by atoms with Crippen molar-refractivity contribution in [3.63, 3.8) is 0 Å². The second kappa shape index (κ2) is 6.37. The van der Waals surface area contributed by atoms with Crippen LogP contribution in [0.25, 0.3) is 11.0 Å². The fraction of sp³-hybridized carbons (Fsp3) is 0.500. The lowest BCUT2D eigenvalue weighted by Crippen LogP contribution is -2.11. The Bertz CT molecular complexity index is 738. The number of rotatable bonds is 6. The molecule has 0 bridgehead atoms.